The number of benzene rings is 1. The van der Waals surface area contributed by atoms with Gasteiger partial charge in [-0.1, -0.05) is 25.5 Å². The Bertz CT molecular complexity index is 592. The molecule has 144 valence electrons. The Morgan fingerprint density at radius 3 is 2.42 bits per heavy atom. The molecule has 0 saturated carbocycles. The molecule has 0 radical (unpaired) electrons. The summed E-state index contributed by atoms with van der Waals surface area (Å²) >= 11 is 0. The van der Waals surface area contributed by atoms with Crippen molar-refractivity contribution in [3.63, 3.8) is 0 Å². The van der Waals surface area contributed by atoms with Crippen LogP contribution >= 0.6 is 0 Å². The molecule has 0 spiro atoms. The maximum Gasteiger partial charge on any atom is 0.251 e. The summed E-state index contributed by atoms with van der Waals surface area (Å²) in [6, 6.07) is 7.31. The molecular weight excluding hydrogens is 328 g/mol. The molecule has 1 aliphatic rings. The van der Waals surface area contributed by atoms with Gasteiger partial charge in [0.05, 0.1) is 5.54 Å². The summed E-state index contributed by atoms with van der Waals surface area (Å²) in [7, 11) is 0. The molecule has 6 nitrogen and oxygen atoms in total. The number of carbonyl (C=O) groups is 2. The average Bonchev–Trinajstić information content (AvgIpc) is 3.13. The van der Waals surface area contributed by atoms with Crippen LogP contribution in [-0.2, 0) is 11.3 Å². The predicted molar refractivity (Wildman–Crippen MR) is 104 cm³/mol. The Balaban J connectivity index is 1.76. The summed E-state index contributed by atoms with van der Waals surface area (Å²) in [6.45, 7) is 8.02. The van der Waals surface area contributed by atoms with Crippen LogP contribution in [0.2, 0.25) is 0 Å². The summed E-state index contributed by atoms with van der Waals surface area (Å²) in [5.74, 6) is -0.208. The van der Waals surface area contributed by atoms with Crippen molar-refractivity contribution in [2.24, 2.45) is 5.73 Å². The van der Waals surface area contributed by atoms with E-state index >= 15 is 0 Å². The van der Waals surface area contributed by atoms with Crippen LogP contribution in [-0.4, -0.2) is 48.4 Å². The smallest absolute Gasteiger partial charge is 0.251 e. The SMILES string of the molecule is CCCC(C)(N)C(=O)NCc1ccc(C(=O)NCCN2CCCC2)cc1. The minimum absolute atomic E-state index is 0.0581. The van der Waals surface area contributed by atoms with Crippen molar-refractivity contribution in [2.75, 3.05) is 26.2 Å². The lowest BCUT2D eigenvalue weighted by atomic mass is 9.96. The first kappa shape index (κ1) is 20.4. The lowest BCUT2D eigenvalue weighted by Crippen LogP contribution is -2.51. The third kappa shape index (κ3) is 6.11. The summed E-state index contributed by atoms with van der Waals surface area (Å²) in [4.78, 5) is 26.7. The quantitative estimate of drug-likeness (QED) is 0.625. The highest BCUT2D eigenvalue weighted by Crippen LogP contribution is 2.10. The van der Waals surface area contributed by atoms with Gasteiger partial charge in [-0.15, -0.1) is 0 Å². The summed E-state index contributed by atoms with van der Waals surface area (Å²) in [6.07, 6.45) is 4.03. The summed E-state index contributed by atoms with van der Waals surface area (Å²) in [5, 5.41) is 5.83. The Labute approximate surface area is 156 Å². The minimum atomic E-state index is -0.843. The molecule has 1 heterocycles. The zero-order valence-corrected chi connectivity index (χ0v) is 16.0. The van der Waals surface area contributed by atoms with E-state index in [2.05, 4.69) is 15.5 Å². The van der Waals surface area contributed by atoms with Crippen molar-refractivity contribution in [3.8, 4) is 0 Å². The predicted octanol–water partition coefficient (Wildman–Crippen LogP) is 1.65. The number of amides is 2. The van der Waals surface area contributed by atoms with E-state index < -0.39 is 5.54 Å². The first-order valence-corrected chi connectivity index (χ1v) is 9.59. The van der Waals surface area contributed by atoms with E-state index in [1.807, 2.05) is 19.1 Å². The molecule has 2 amide bonds. The van der Waals surface area contributed by atoms with Gasteiger partial charge in [0, 0.05) is 25.2 Å². The number of nitrogens with zero attached hydrogens (tertiary/aromatic N) is 1. The first-order valence-electron chi connectivity index (χ1n) is 9.59. The van der Waals surface area contributed by atoms with Gasteiger partial charge in [0.2, 0.25) is 5.91 Å². The second-order valence-electron chi connectivity index (χ2n) is 7.35. The first-order chi connectivity index (χ1) is 12.4. The van der Waals surface area contributed by atoms with Gasteiger partial charge in [-0.3, -0.25) is 9.59 Å². The number of carbonyl (C=O) groups excluding carboxylic acids is 2. The molecule has 1 saturated heterocycles. The molecule has 4 N–H and O–H groups in total. The molecule has 1 atom stereocenters. The molecule has 0 aromatic heterocycles. The summed E-state index contributed by atoms with van der Waals surface area (Å²) < 4.78 is 0. The van der Waals surface area contributed by atoms with E-state index in [1.54, 1.807) is 19.1 Å². The molecule has 1 aromatic rings. The topological polar surface area (TPSA) is 87.5 Å². The maximum atomic E-state index is 12.2. The molecule has 2 rings (SSSR count). The van der Waals surface area contributed by atoms with Crippen LogP contribution in [0.25, 0.3) is 0 Å². The fraction of sp³-hybridized carbons (Fsp3) is 0.600. The number of hydrogen-bond donors (Lipinski definition) is 3. The van der Waals surface area contributed by atoms with E-state index in [-0.39, 0.29) is 11.8 Å². The van der Waals surface area contributed by atoms with Crippen LogP contribution in [0.5, 0.6) is 0 Å². The second kappa shape index (κ2) is 9.69. The van der Waals surface area contributed by atoms with Crippen molar-refractivity contribution < 1.29 is 9.59 Å². The standard InChI is InChI=1S/C20H32N4O2/c1-3-10-20(2,21)19(26)23-15-16-6-8-17(9-7-16)18(25)22-11-14-24-12-4-5-13-24/h6-9H,3-5,10-15,21H2,1-2H3,(H,22,25)(H,23,26). The van der Waals surface area contributed by atoms with Crippen LogP contribution in [0.3, 0.4) is 0 Å². The van der Waals surface area contributed by atoms with E-state index in [4.69, 9.17) is 5.73 Å². The highest BCUT2D eigenvalue weighted by Gasteiger charge is 2.26. The van der Waals surface area contributed by atoms with Crippen molar-refractivity contribution in [1.82, 2.24) is 15.5 Å². The zero-order valence-electron chi connectivity index (χ0n) is 16.0. The molecule has 0 bridgehead atoms. The van der Waals surface area contributed by atoms with E-state index in [1.165, 1.54) is 12.8 Å². The van der Waals surface area contributed by atoms with Crippen molar-refractivity contribution in [2.45, 2.75) is 51.6 Å². The molecule has 1 fully saturated rings. The van der Waals surface area contributed by atoms with Crippen LogP contribution in [0.4, 0.5) is 0 Å². The fourth-order valence-electron chi connectivity index (χ4n) is 3.23. The van der Waals surface area contributed by atoms with Crippen molar-refractivity contribution in [3.05, 3.63) is 35.4 Å². The number of rotatable bonds is 9. The Kier molecular flexibility index (Phi) is 7.60. The van der Waals surface area contributed by atoms with E-state index in [9.17, 15) is 9.59 Å². The number of hydrogen-bond acceptors (Lipinski definition) is 4. The van der Waals surface area contributed by atoms with Crippen LogP contribution in [0.15, 0.2) is 24.3 Å². The monoisotopic (exact) mass is 360 g/mol. The molecular formula is C20H32N4O2. The van der Waals surface area contributed by atoms with Gasteiger partial charge < -0.3 is 21.3 Å². The van der Waals surface area contributed by atoms with E-state index in [0.29, 0.717) is 25.1 Å². The van der Waals surface area contributed by atoms with Crippen LogP contribution in [0.1, 0.15) is 55.5 Å². The Morgan fingerprint density at radius 2 is 1.81 bits per heavy atom. The largest absolute Gasteiger partial charge is 0.351 e. The summed E-state index contributed by atoms with van der Waals surface area (Å²) in [5.41, 5.74) is 6.76. The molecule has 6 heteroatoms. The molecule has 0 aliphatic carbocycles. The number of nitrogens with two attached hydrogens (primary N) is 1. The van der Waals surface area contributed by atoms with Gasteiger partial charge in [0.25, 0.3) is 5.91 Å². The second-order valence-corrected chi connectivity index (χ2v) is 7.35. The minimum Gasteiger partial charge on any atom is -0.351 e. The normalized spacial score (nSPS) is 16.9. The fourth-order valence-corrected chi connectivity index (χ4v) is 3.23. The van der Waals surface area contributed by atoms with Crippen molar-refractivity contribution in [1.29, 1.82) is 0 Å². The van der Waals surface area contributed by atoms with Crippen LogP contribution < -0.4 is 16.4 Å². The average molecular weight is 361 g/mol. The van der Waals surface area contributed by atoms with Gasteiger partial charge >= 0.3 is 0 Å². The zero-order chi connectivity index (χ0) is 19.0. The third-order valence-corrected chi connectivity index (χ3v) is 4.87. The third-order valence-electron chi connectivity index (χ3n) is 4.87. The van der Waals surface area contributed by atoms with Gasteiger partial charge in [0.15, 0.2) is 0 Å². The molecule has 26 heavy (non-hydrogen) atoms. The van der Waals surface area contributed by atoms with Gasteiger partial charge in [-0.25, -0.2) is 0 Å². The number of likely N-dealkylation sites (tertiary alicyclic amines) is 1. The number of nitrogens with one attached hydrogen (secondary N) is 2. The van der Waals surface area contributed by atoms with Gasteiger partial charge in [-0.05, 0) is 57.0 Å². The molecule has 1 aromatic carbocycles. The van der Waals surface area contributed by atoms with Gasteiger partial charge in [-0.2, -0.15) is 0 Å². The highest BCUT2D eigenvalue weighted by molar-refractivity contribution is 5.94. The maximum absolute atomic E-state index is 12.2. The van der Waals surface area contributed by atoms with Gasteiger partial charge in [0.1, 0.15) is 0 Å². The lowest BCUT2D eigenvalue weighted by Gasteiger charge is -2.22. The molecule has 1 unspecified atom stereocenters. The van der Waals surface area contributed by atoms with E-state index in [0.717, 1.165) is 31.6 Å². The Hall–Kier alpha value is -1.92. The van der Waals surface area contributed by atoms with Crippen LogP contribution in [0, 0.1) is 0 Å². The lowest BCUT2D eigenvalue weighted by molar-refractivity contribution is -0.126. The highest BCUT2D eigenvalue weighted by atomic mass is 16.2. The Morgan fingerprint density at radius 1 is 1.15 bits per heavy atom. The molecule has 1 aliphatic heterocycles. The van der Waals surface area contributed by atoms with Crippen molar-refractivity contribution >= 4 is 11.8 Å².